The number of phenols is 1. The zero-order chi connectivity index (χ0) is 21.5. The summed E-state index contributed by atoms with van der Waals surface area (Å²) in [6.07, 6.45) is 0.459. The van der Waals surface area contributed by atoms with E-state index in [1.807, 2.05) is 24.3 Å². The van der Waals surface area contributed by atoms with Crippen LogP contribution in [0.25, 0.3) is 0 Å². The van der Waals surface area contributed by atoms with Crippen molar-refractivity contribution in [1.29, 1.82) is 0 Å². The van der Waals surface area contributed by atoms with Crippen molar-refractivity contribution in [1.82, 2.24) is 0 Å². The first-order valence-corrected chi connectivity index (χ1v) is 9.22. The molecule has 8 heteroatoms. The predicted octanol–water partition coefficient (Wildman–Crippen LogP) is 3.34. The first kappa shape index (κ1) is 23.6. The first-order valence-electron chi connectivity index (χ1n) is 9.22. The van der Waals surface area contributed by atoms with Crippen molar-refractivity contribution >= 4 is 23.3 Å². The van der Waals surface area contributed by atoms with Gasteiger partial charge in [0.1, 0.15) is 11.5 Å². The molecular formula is C21H28N2O6. The van der Waals surface area contributed by atoms with Crippen LogP contribution in [0.2, 0.25) is 0 Å². The number of carbonyl (C=O) groups is 2. The predicted molar refractivity (Wildman–Crippen MR) is 112 cm³/mol. The lowest BCUT2D eigenvalue weighted by atomic mass is 10.3. The molecule has 29 heavy (non-hydrogen) atoms. The van der Waals surface area contributed by atoms with Gasteiger partial charge in [0.2, 0.25) is 0 Å². The van der Waals surface area contributed by atoms with Crippen LogP contribution in [0.5, 0.6) is 11.5 Å². The zero-order valence-electron chi connectivity index (χ0n) is 16.7. The molecule has 158 valence electrons. The molecule has 0 aliphatic heterocycles. The number of aromatic hydroxyl groups is 1. The van der Waals surface area contributed by atoms with Gasteiger partial charge in [0.15, 0.2) is 0 Å². The van der Waals surface area contributed by atoms with Gasteiger partial charge in [0.05, 0.1) is 26.6 Å². The van der Waals surface area contributed by atoms with Crippen molar-refractivity contribution in [2.75, 3.05) is 37.4 Å². The second-order valence-corrected chi connectivity index (χ2v) is 5.83. The molecule has 8 nitrogen and oxygen atoms in total. The Kier molecular flexibility index (Phi) is 11.2. The maximum atomic E-state index is 11.1. The van der Waals surface area contributed by atoms with E-state index in [0.29, 0.717) is 26.1 Å². The molecule has 0 radical (unpaired) electrons. The molecule has 2 aromatic rings. The number of benzene rings is 2. The minimum atomic E-state index is -0.828. The van der Waals surface area contributed by atoms with Crippen LogP contribution >= 0.6 is 0 Å². The molecule has 0 aromatic heterocycles. The van der Waals surface area contributed by atoms with Gasteiger partial charge in [-0.2, -0.15) is 0 Å². The molecule has 4 N–H and O–H groups in total. The van der Waals surface area contributed by atoms with Gasteiger partial charge in [-0.25, -0.2) is 0 Å². The van der Waals surface area contributed by atoms with Crippen molar-refractivity contribution in [2.45, 2.75) is 19.8 Å². The first-order chi connectivity index (χ1) is 13.9. The van der Waals surface area contributed by atoms with Gasteiger partial charge >= 0.3 is 11.9 Å². The molecule has 2 aromatic carbocycles. The summed E-state index contributed by atoms with van der Waals surface area (Å²) in [5, 5.41) is 23.3. The Morgan fingerprint density at radius 2 is 1.41 bits per heavy atom. The molecule has 0 atom stereocenters. The number of ether oxygens (including phenoxy) is 2. The molecule has 0 heterocycles. The zero-order valence-corrected chi connectivity index (χ0v) is 16.7. The van der Waals surface area contributed by atoms with E-state index in [9.17, 15) is 9.59 Å². The van der Waals surface area contributed by atoms with Gasteiger partial charge < -0.3 is 30.3 Å². The van der Waals surface area contributed by atoms with E-state index >= 15 is 0 Å². The summed E-state index contributed by atoms with van der Waals surface area (Å²) in [4.78, 5) is 21.2. The van der Waals surface area contributed by atoms with E-state index in [2.05, 4.69) is 10.6 Å². The summed E-state index contributed by atoms with van der Waals surface area (Å²) in [5.41, 5.74) is 1.77. The molecule has 0 spiro atoms. The lowest BCUT2D eigenvalue weighted by Crippen LogP contribution is -2.11. The number of methoxy groups -OCH3 is 1. The fourth-order valence-corrected chi connectivity index (χ4v) is 2.14. The van der Waals surface area contributed by atoms with E-state index in [1.54, 1.807) is 38.3 Å². The monoisotopic (exact) mass is 404 g/mol. The average molecular weight is 404 g/mol. The summed E-state index contributed by atoms with van der Waals surface area (Å²) in [7, 11) is 1.63. The van der Waals surface area contributed by atoms with Crippen LogP contribution in [0.4, 0.5) is 11.4 Å². The van der Waals surface area contributed by atoms with Crippen LogP contribution in [-0.4, -0.2) is 49.0 Å². The van der Waals surface area contributed by atoms with Crippen LogP contribution in [0.1, 0.15) is 19.8 Å². The second kappa shape index (κ2) is 13.7. The van der Waals surface area contributed by atoms with Gasteiger partial charge in [-0.3, -0.25) is 9.59 Å². The quantitative estimate of drug-likeness (QED) is 0.352. The number of esters is 1. The number of carbonyl (C=O) groups excluding carboxylic acids is 1. The molecule has 2 rings (SSSR count). The number of rotatable bonds is 10. The Morgan fingerprint density at radius 1 is 0.897 bits per heavy atom. The molecule has 0 aliphatic carbocycles. The Morgan fingerprint density at radius 3 is 1.90 bits per heavy atom. The molecule has 0 bridgehead atoms. The van der Waals surface area contributed by atoms with Crippen LogP contribution in [0, 0.1) is 0 Å². The van der Waals surface area contributed by atoms with Gasteiger partial charge in [-0.15, -0.1) is 0 Å². The van der Waals surface area contributed by atoms with Crippen LogP contribution in [0.3, 0.4) is 0 Å². The van der Waals surface area contributed by atoms with Gasteiger partial charge in [0, 0.05) is 24.5 Å². The third kappa shape index (κ3) is 11.1. The van der Waals surface area contributed by atoms with Crippen molar-refractivity contribution in [2.24, 2.45) is 0 Å². The van der Waals surface area contributed by atoms with Gasteiger partial charge in [-0.05, 0) is 55.5 Å². The minimum Gasteiger partial charge on any atom is -0.508 e. The van der Waals surface area contributed by atoms with Crippen LogP contribution in [-0.2, 0) is 14.3 Å². The van der Waals surface area contributed by atoms with Crippen molar-refractivity contribution in [3.63, 3.8) is 0 Å². The van der Waals surface area contributed by atoms with Crippen molar-refractivity contribution in [3.8, 4) is 11.5 Å². The van der Waals surface area contributed by atoms with E-state index in [4.69, 9.17) is 19.7 Å². The normalized spacial score (nSPS) is 9.59. The highest BCUT2D eigenvalue weighted by Crippen LogP contribution is 2.15. The Hall–Kier alpha value is -3.42. The van der Waals surface area contributed by atoms with Gasteiger partial charge in [0.25, 0.3) is 0 Å². The van der Waals surface area contributed by atoms with E-state index in [-0.39, 0.29) is 18.1 Å². The molecule has 0 saturated carbocycles. The number of aliphatic carboxylic acids is 1. The average Bonchev–Trinajstić information content (AvgIpc) is 2.70. The number of carboxylic acids is 1. The van der Waals surface area contributed by atoms with Crippen LogP contribution < -0.4 is 15.4 Å². The van der Waals surface area contributed by atoms with Crippen molar-refractivity contribution in [3.05, 3.63) is 48.5 Å². The summed E-state index contributed by atoms with van der Waals surface area (Å²) < 4.78 is 9.86. The number of anilines is 2. The third-order valence-corrected chi connectivity index (χ3v) is 3.59. The standard InChI is InChI=1S/C12H17NO3.C9H11NO3/c1-3-16-12(14)8-9-13-10-4-6-11(15-2)7-5-10;11-8-3-1-7(2-4-8)10-6-5-9(12)13/h4-7,13H,3,8-9H2,1-2H3;1-4,10-11H,5-6H2,(H,12,13). The summed E-state index contributed by atoms with van der Waals surface area (Å²) in [6, 6.07) is 14.0. The highest BCUT2D eigenvalue weighted by Gasteiger charge is 2.00. The number of phenolic OH excluding ortho intramolecular Hbond substituents is 1. The Labute approximate surface area is 170 Å². The number of hydrogen-bond donors (Lipinski definition) is 4. The maximum absolute atomic E-state index is 11.1. The fourth-order valence-electron chi connectivity index (χ4n) is 2.14. The van der Waals surface area contributed by atoms with E-state index in [1.165, 1.54) is 0 Å². The highest BCUT2D eigenvalue weighted by molar-refractivity contribution is 5.70. The number of nitrogens with one attached hydrogen (secondary N) is 2. The topological polar surface area (TPSA) is 117 Å². The summed E-state index contributed by atoms with van der Waals surface area (Å²) in [5.74, 6) is 0.00881. The molecule has 0 unspecified atom stereocenters. The largest absolute Gasteiger partial charge is 0.508 e. The van der Waals surface area contributed by atoms with E-state index < -0.39 is 5.97 Å². The Balaban J connectivity index is 0.000000296. The third-order valence-electron chi connectivity index (χ3n) is 3.59. The van der Waals surface area contributed by atoms with Crippen LogP contribution in [0.15, 0.2) is 48.5 Å². The van der Waals surface area contributed by atoms with Gasteiger partial charge in [-0.1, -0.05) is 0 Å². The number of carboxylic acid groups (broad SMARTS) is 1. The van der Waals surface area contributed by atoms with E-state index in [0.717, 1.165) is 17.1 Å². The minimum absolute atomic E-state index is 0.0842. The summed E-state index contributed by atoms with van der Waals surface area (Å²) >= 11 is 0. The molecule has 0 saturated heterocycles. The second-order valence-electron chi connectivity index (χ2n) is 5.83. The molecule has 0 fully saturated rings. The maximum Gasteiger partial charge on any atom is 0.307 e. The smallest absolute Gasteiger partial charge is 0.307 e. The summed E-state index contributed by atoms with van der Waals surface area (Å²) in [6.45, 7) is 3.20. The lowest BCUT2D eigenvalue weighted by molar-refractivity contribution is -0.142. The molecule has 0 aliphatic rings. The number of hydrogen-bond acceptors (Lipinski definition) is 7. The van der Waals surface area contributed by atoms with Crippen molar-refractivity contribution < 1.29 is 29.3 Å². The highest BCUT2D eigenvalue weighted by atomic mass is 16.5. The SMILES string of the molecule is CCOC(=O)CCNc1ccc(OC)cc1.O=C(O)CCNc1ccc(O)cc1. The molecule has 0 amide bonds. The Bertz CT molecular complexity index is 732. The molecular weight excluding hydrogens is 376 g/mol. The fraction of sp³-hybridized carbons (Fsp3) is 0.333. The lowest BCUT2D eigenvalue weighted by Gasteiger charge is -2.06.